The predicted octanol–water partition coefficient (Wildman–Crippen LogP) is 6.04. The van der Waals surface area contributed by atoms with Gasteiger partial charge in [-0.05, 0) is 60.7 Å². The molecule has 0 radical (unpaired) electrons. The molecule has 3 aromatic rings. The normalized spacial score (nSPS) is 11.6. The van der Waals surface area contributed by atoms with Gasteiger partial charge in [0, 0.05) is 12.2 Å². The zero-order chi connectivity index (χ0) is 24.3. The van der Waals surface area contributed by atoms with Crippen LogP contribution < -0.4 is 5.56 Å². The van der Waals surface area contributed by atoms with Gasteiger partial charge < -0.3 is 9.67 Å². The largest absolute Gasteiger partial charge is 0.478 e. The molecule has 2 aromatic carbocycles. The molecular weight excluding hydrogens is 485 g/mol. The fourth-order valence-electron chi connectivity index (χ4n) is 3.39. The first-order chi connectivity index (χ1) is 15.5. The van der Waals surface area contributed by atoms with Crippen molar-refractivity contribution >= 4 is 29.2 Å². The summed E-state index contributed by atoms with van der Waals surface area (Å²) in [6, 6.07) is 10.2. The molecule has 174 valence electrons. The summed E-state index contributed by atoms with van der Waals surface area (Å²) in [6.45, 7) is 0.165. The van der Waals surface area contributed by atoms with E-state index < -0.39 is 29.1 Å². The third-order valence-electron chi connectivity index (χ3n) is 5.12. The Morgan fingerprint density at radius 3 is 2.15 bits per heavy atom. The lowest BCUT2D eigenvalue weighted by molar-refractivity contribution is -0.140. The number of alkyl halides is 3. The van der Waals surface area contributed by atoms with Crippen LogP contribution in [-0.4, -0.2) is 15.6 Å². The van der Waals surface area contributed by atoms with E-state index in [-0.39, 0.29) is 40.6 Å². The number of carboxylic acid groups (broad SMARTS) is 1. The molecule has 10 heteroatoms. The predicted molar refractivity (Wildman–Crippen MR) is 117 cm³/mol. The number of rotatable bonds is 7. The Labute approximate surface area is 196 Å². The van der Waals surface area contributed by atoms with Crippen LogP contribution in [0, 0.1) is 5.82 Å². The van der Waals surface area contributed by atoms with E-state index in [1.165, 1.54) is 28.8 Å². The van der Waals surface area contributed by atoms with Crippen LogP contribution in [0.2, 0.25) is 10.0 Å². The smallest absolute Gasteiger partial charge is 0.419 e. The highest BCUT2D eigenvalue weighted by atomic mass is 35.5. The van der Waals surface area contributed by atoms with Crippen molar-refractivity contribution in [1.82, 2.24) is 4.57 Å². The molecule has 0 amide bonds. The maximum absolute atomic E-state index is 13.6. The van der Waals surface area contributed by atoms with Gasteiger partial charge >= 0.3 is 12.1 Å². The Bertz CT molecular complexity index is 1240. The molecule has 0 aliphatic rings. The van der Waals surface area contributed by atoms with E-state index in [0.29, 0.717) is 12.1 Å². The van der Waals surface area contributed by atoms with Gasteiger partial charge in [-0.2, -0.15) is 13.2 Å². The van der Waals surface area contributed by atoms with Crippen molar-refractivity contribution < 1.29 is 27.5 Å². The molecule has 0 fully saturated rings. The van der Waals surface area contributed by atoms with Crippen LogP contribution >= 0.6 is 23.2 Å². The van der Waals surface area contributed by atoms with Crippen molar-refractivity contribution in [2.24, 2.45) is 0 Å². The monoisotopic (exact) mass is 501 g/mol. The third-order valence-corrected chi connectivity index (χ3v) is 5.71. The summed E-state index contributed by atoms with van der Waals surface area (Å²) in [4.78, 5) is 23.6. The summed E-state index contributed by atoms with van der Waals surface area (Å²) in [6.07, 6.45) is -4.27. The molecule has 0 saturated heterocycles. The molecule has 0 saturated carbocycles. The number of carboxylic acids is 1. The highest BCUT2D eigenvalue weighted by Crippen LogP contribution is 2.32. The standard InChI is InChI=1S/C23H17Cl2F4NO3/c24-17-12-18(25)21(31)30(10-9-13-1-5-15(6-2-13)22(32)33)20(17)8-4-14-3-7-19(26)16(11-14)23(27,28)29/h1-3,5-7,11-12H,4,8-10H2,(H,32,33). The number of nitrogens with zero attached hydrogens (tertiary/aromatic N) is 1. The second kappa shape index (κ2) is 9.97. The Kier molecular flexibility index (Phi) is 7.49. The lowest BCUT2D eigenvalue weighted by atomic mass is 10.0. The maximum atomic E-state index is 13.6. The van der Waals surface area contributed by atoms with E-state index >= 15 is 0 Å². The number of hydrogen-bond acceptors (Lipinski definition) is 2. The number of halogens is 6. The molecule has 1 aromatic heterocycles. The molecule has 33 heavy (non-hydrogen) atoms. The van der Waals surface area contributed by atoms with Gasteiger partial charge in [0.1, 0.15) is 10.8 Å². The van der Waals surface area contributed by atoms with Crippen LogP contribution in [-0.2, 0) is 32.0 Å². The first kappa shape index (κ1) is 24.8. The molecule has 3 rings (SSSR count). The van der Waals surface area contributed by atoms with Crippen molar-refractivity contribution in [1.29, 1.82) is 0 Å². The Morgan fingerprint density at radius 2 is 1.55 bits per heavy atom. The maximum Gasteiger partial charge on any atom is 0.419 e. The van der Waals surface area contributed by atoms with Crippen molar-refractivity contribution in [2.75, 3.05) is 0 Å². The highest BCUT2D eigenvalue weighted by Gasteiger charge is 2.34. The number of pyridine rings is 1. The lowest BCUT2D eigenvalue weighted by Gasteiger charge is -2.16. The van der Waals surface area contributed by atoms with Gasteiger partial charge in [0.05, 0.1) is 16.1 Å². The fraction of sp³-hybridized carbons (Fsp3) is 0.217. The number of aromatic carboxylic acids is 1. The summed E-state index contributed by atoms with van der Waals surface area (Å²) in [5.74, 6) is -2.42. The topological polar surface area (TPSA) is 59.3 Å². The molecule has 0 aliphatic carbocycles. The van der Waals surface area contributed by atoms with Gasteiger partial charge in [-0.1, -0.05) is 41.4 Å². The van der Waals surface area contributed by atoms with Gasteiger partial charge in [-0.3, -0.25) is 4.79 Å². The Balaban J connectivity index is 1.85. The average Bonchev–Trinajstić information content (AvgIpc) is 2.75. The summed E-state index contributed by atoms with van der Waals surface area (Å²) >= 11 is 12.3. The van der Waals surface area contributed by atoms with Gasteiger partial charge in [-0.15, -0.1) is 0 Å². The SMILES string of the molecule is O=C(O)c1ccc(CCn2c(CCc3ccc(F)c(C(F)(F)F)c3)c(Cl)cc(Cl)c2=O)cc1. The molecule has 1 heterocycles. The van der Waals surface area contributed by atoms with E-state index in [4.69, 9.17) is 28.3 Å². The highest BCUT2D eigenvalue weighted by molar-refractivity contribution is 6.34. The zero-order valence-corrected chi connectivity index (χ0v) is 18.4. The second-order valence-electron chi connectivity index (χ2n) is 7.31. The van der Waals surface area contributed by atoms with E-state index in [2.05, 4.69) is 0 Å². The van der Waals surface area contributed by atoms with Gasteiger partial charge in [0.2, 0.25) is 0 Å². The Hall–Kier alpha value is -2.84. The summed E-state index contributed by atoms with van der Waals surface area (Å²) in [7, 11) is 0. The minimum Gasteiger partial charge on any atom is -0.478 e. The van der Waals surface area contributed by atoms with Crippen molar-refractivity contribution in [3.8, 4) is 0 Å². The van der Waals surface area contributed by atoms with E-state index in [1.807, 2.05) is 0 Å². The quantitative estimate of drug-likeness (QED) is 0.401. The van der Waals surface area contributed by atoms with E-state index in [1.54, 1.807) is 12.1 Å². The first-order valence-electron chi connectivity index (χ1n) is 9.73. The lowest BCUT2D eigenvalue weighted by Crippen LogP contribution is -2.26. The van der Waals surface area contributed by atoms with Crippen molar-refractivity contribution in [3.63, 3.8) is 0 Å². The number of carbonyl (C=O) groups is 1. The molecule has 0 aliphatic heterocycles. The molecule has 0 bridgehead atoms. The Morgan fingerprint density at radius 1 is 0.909 bits per heavy atom. The summed E-state index contributed by atoms with van der Waals surface area (Å²) in [5, 5.41) is 9.06. The number of aromatic nitrogens is 1. The van der Waals surface area contributed by atoms with Crippen LogP contribution in [0.3, 0.4) is 0 Å². The average molecular weight is 502 g/mol. The van der Waals surface area contributed by atoms with Crippen molar-refractivity contribution in [2.45, 2.75) is 32.0 Å². The minimum absolute atomic E-state index is 0.0808. The van der Waals surface area contributed by atoms with Crippen LogP contribution in [0.25, 0.3) is 0 Å². The van der Waals surface area contributed by atoms with Gasteiger partial charge in [-0.25, -0.2) is 9.18 Å². The van der Waals surface area contributed by atoms with E-state index in [9.17, 15) is 27.2 Å². The number of benzene rings is 2. The fourth-order valence-corrected chi connectivity index (χ4v) is 3.96. The third kappa shape index (κ3) is 5.94. The molecule has 0 atom stereocenters. The number of aryl methyl sites for hydroxylation is 2. The van der Waals surface area contributed by atoms with E-state index in [0.717, 1.165) is 17.7 Å². The molecule has 4 nitrogen and oxygen atoms in total. The summed E-state index contributed by atoms with van der Waals surface area (Å²) < 4.78 is 53.9. The minimum atomic E-state index is -4.82. The summed E-state index contributed by atoms with van der Waals surface area (Å²) in [5.41, 5.74) is -0.357. The zero-order valence-electron chi connectivity index (χ0n) is 16.9. The van der Waals surface area contributed by atoms with Crippen LogP contribution in [0.4, 0.5) is 17.6 Å². The molecule has 0 spiro atoms. The molecule has 1 N–H and O–H groups in total. The number of hydrogen-bond donors (Lipinski definition) is 1. The van der Waals surface area contributed by atoms with Gasteiger partial charge in [0.25, 0.3) is 5.56 Å². The van der Waals surface area contributed by atoms with Gasteiger partial charge in [0.15, 0.2) is 0 Å². The van der Waals surface area contributed by atoms with Crippen LogP contribution in [0.15, 0.2) is 53.3 Å². The first-order valence-corrected chi connectivity index (χ1v) is 10.5. The molecular formula is C23H17Cl2F4NO3. The second-order valence-corrected chi connectivity index (χ2v) is 8.12. The van der Waals surface area contributed by atoms with Crippen molar-refractivity contribution in [3.05, 3.63) is 103 Å². The van der Waals surface area contributed by atoms with Crippen LogP contribution in [0.5, 0.6) is 0 Å². The molecule has 0 unspecified atom stereocenters. The van der Waals surface area contributed by atoms with Crippen LogP contribution in [0.1, 0.15) is 32.7 Å².